The second-order valence-electron chi connectivity index (χ2n) is 11.0. The molecule has 0 amide bonds. The van der Waals surface area contributed by atoms with Crippen molar-refractivity contribution in [2.45, 2.75) is 38.3 Å². The summed E-state index contributed by atoms with van der Waals surface area (Å²) in [4.78, 5) is 23.4. The lowest BCUT2D eigenvalue weighted by molar-refractivity contribution is 0.315. The molecular formula is C30H36BrN9OS. The fraction of sp³-hybridized carbons (Fsp3) is 0.400. The summed E-state index contributed by atoms with van der Waals surface area (Å²) < 4.78 is 8.91. The van der Waals surface area contributed by atoms with E-state index >= 15 is 0 Å². The van der Waals surface area contributed by atoms with Crippen LogP contribution in [0.1, 0.15) is 24.8 Å². The molecule has 1 aliphatic heterocycles. The smallest absolute Gasteiger partial charge is 0.229 e. The van der Waals surface area contributed by atoms with Crippen molar-refractivity contribution in [3.8, 4) is 5.75 Å². The maximum absolute atomic E-state index is 5.82. The van der Waals surface area contributed by atoms with Crippen molar-refractivity contribution in [3.63, 3.8) is 0 Å². The number of halogens is 1. The van der Waals surface area contributed by atoms with Crippen LogP contribution in [0.3, 0.4) is 0 Å². The number of likely N-dealkylation sites (N-methyl/N-ethyl adjacent to an activating group) is 1. The SMILES string of the molecule is COc1cc(N2CCC(N(C)C)C2)c(C)cc1Nc1ncc(Br)c(Nc2ccc3nccnc3c2N(SC)C2CC2)n1. The number of aryl methyl sites for hydroxylation is 1. The van der Waals surface area contributed by atoms with E-state index in [1.807, 2.05) is 12.1 Å². The van der Waals surface area contributed by atoms with Crippen LogP contribution < -0.4 is 24.6 Å². The van der Waals surface area contributed by atoms with Crippen molar-refractivity contribution in [2.24, 2.45) is 0 Å². The second-order valence-corrected chi connectivity index (χ2v) is 12.6. The number of ether oxygens (including phenoxy) is 1. The Hall–Kier alpha value is -3.35. The Bertz CT molecular complexity index is 1600. The van der Waals surface area contributed by atoms with Gasteiger partial charge in [-0.1, -0.05) is 11.9 Å². The first-order chi connectivity index (χ1) is 20.4. The molecule has 10 nitrogen and oxygen atoms in total. The molecule has 2 fully saturated rings. The van der Waals surface area contributed by atoms with Gasteiger partial charge >= 0.3 is 0 Å². The van der Waals surface area contributed by atoms with Crippen LogP contribution in [0, 0.1) is 6.92 Å². The molecule has 0 spiro atoms. The van der Waals surface area contributed by atoms with Gasteiger partial charge in [-0.3, -0.25) is 9.97 Å². The van der Waals surface area contributed by atoms with Gasteiger partial charge in [0.2, 0.25) is 5.95 Å². The first-order valence-electron chi connectivity index (χ1n) is 14.1. The molecule has 0 radical (unpaired) electrons. The van der Waals surface area contributed by atoms with Crippen molar-refractivity contribution < 1.29 is 4.74 Å². The highest BCUT2D eigenvalue weighted by molar-refractivity contribution is 9.10. The minimum absolute atomic E-state index is 0.464. The molecule has 4 aromatic rings. The molecule has 1 atom stereocenters. The fourth-order valence-electron chi connectivity index (χ4n) is 5.51. The Morgan fingerprint density at radius 3 is 2.55 bits per heavy atom. The third kappa shape index (κ3) is 5.80. The molecule has 6 rings (SSSR count). The Morgan fingerprint density at radius 2 is 1.83 bits per heavy atom. The van der Waals surface area contributed by atoms with Crippen LogP contribution in [0.5, 0.6) is 5.75 Å². The summed E-state index contributed by atoms with van der Waals surface area (Å²) in [7, 11) is 6.00. The number of hydrogen-bond acceptors (Lipinski definition) is 11. The highest BCUT2D eigenvalue weighted by atomic mass is 79.9. The van der Waals surface area contributed by atoms with Crippen LogP contribution in [0.4, 0.5) is 34.5 Å². The summed E-state index contributed by atoms with van der Waals surface area (Å²) in [5.41, 5.74) is 6.84. The zero-order valence-electron chi connectivity index (χ0n) is 24.6. The van der Waals surface area contributed by atoms with Gasteiger partial charge in [-0.25, -0.2) is 4.98 Å². The number of benzene rings is 2. The number of nitrogens with one attached hydrogen (secondary N) is 2. The van der Waals surface area contributed by atoms with Gasteiger partial charge in [0.15, 0.2) is 0 Å². The maximum atomic E-state index is 5.82. The largest absolute Gasteiger partial charge is 0.494 e. The molecule has 2 aromatic heterocycles. The van der Waals surface area contributed by atoms with Crippen LogP contribution in [0.2, 0.25) is 0 Å². The summed E-state index contributed by atoms with van der Waals surface area (Å²) in [6.07, 6.45) is 10.8. The van der Waals surface area contributed by atoms with E-state index in [-0.39, 0.29) is 0 Å². The third-order valence-electron chi connectivity index (χ3n) is 7.91. The molecule has 2 N–H and O–H groups in total. The van der Waals surface area contributed by atoms with E-state index in [1.54, 1.807) is 37.6 Å². The van der Waals surface area contributed by atoms with Crippen LogP contribution in [-0.2, 0) is 0 Å². The molecule has 2 aliphatic rings. The summed E-state index contributed by atoms with van der Waals surface area (Å²) in [6, 6.07) is 9.30. The zero-order chi connectivity index (χ0) is 29.4. The molecule has 1 aliphatic carbocycles. The lowest BCUT2D eigenvalue weighted by atomic mass is 10.1. The van der Waals surface area contributed by atoms with E-state index in [1.165, 1.54) is 11.3 Å². The second kappa shape index (κ2) is 12.1. The van der Waals surface area contributed by atoms with Crippen LogP contribution in [-0.4, -0.2) is 77.5 Å². The number of nitrogens with zero attached hydrogens (tertiary/aromatic N) is 7. The molecule has 220 valence electrons. The number of anilines is 6. The summed E-state index contributed by atoms with van der Waals surface area (Å²) in [5, 5.41) is 6.95. The molecule has 12 heteroatoms. The van der Waals surface area contributed by atoms with E-state index < -0.39 is 0 Å². The first kappa shape index (κ1) is 28.8. The molecule has 2 aromatic carbocycles. The predicted octanol–water partition coefficient (Wildman–Crippen LogP) is 6.37. The molecule has 1 saturated heterocycles. The monoisotopic (exact) mass is 649 g/mol. The van der Waals surface area contributed by atoms with Gasteiger partial charge in [0.25, 0.3) is 0 Å². The van der Waals surface area contributed by atoms with Crippen molar-refractivity contribution in [1.29, 1.82) is 0 Å². The van der Waals surface area contributed by atoms with E-state index in [2.05, 4.69) is 90.0 Å². The van der Waals surface area contributed by atoms with Crippen molar-refractivity contribution >= 4 is 73.4 Å². The van der Waals surface area contributed by atoms with Crippen molar-refractivity contribution in [3.05, 3.63) is 52.9 Å². The van der Waals surface area contributed by atoms with Gasteiger partial charge in [0.1, 0.15) is 17.1 Å². The molecule has 0 bridgehead atoms. The maximum Gasteiger partial charge on any atom is 0.229 e. The first-order valence-corrected chi connectivity index (χ1v) is 16.1. The summed E-state index contributed by atoms with van der Waals surface area (Å²) in [5.74, 6) is 1.86. The van der Waals surface area contributed by atoms with E-state index in [0.717, 1.165) is 70.7 Å². The van der Waals surface area contributed by atoms with Gasteiger partial charge in [-0.2, -0.15) is 4.98 Å². The minimum atomic E-state index is 0.464. The standard InChI is InChI=1S/C30H36BrN9OS/c1-18-14-24(26(41-4)15-25(18)39-13-10-20(17-39)38(2)3)36-30-34-16-21(31)29(37-30)35-23-9-8-22-27(33-12-11-32-22)28(23)40(42-5)19-6-7-19/h8-9,11-12,14-16,19-20H,6-7,10,13,17H2,1-5H3,(H2,34,35,36,37). The van der Waals surface area contributed by atoms with Gasteiger partial charge in [0.05, 0.1) is 34.2 Å². The highest BCUT2D eigenvalue weighted by Gasteiger charge is 2.32. The van der Waals surface area contributed by atoms with Gasteiger partial charge < -0.3 is 29.5 Å². The lowest BCUT2D eigenvalue weighted by Gasteiger charge is -2.25. The molecule has 3 heterocycles. The number of aromatic nitrogens is 4. The number of hydrogen-bond donors (Lipinski definition) is 2. The Kier molecular flexibility index (Phi) is 8.28. The third-order valence-corrected chi connectivity index (χ3v) is 9.36. The molecule has 1 unspecified atom stereocenters. The number of methoxy groups -OCH3 is 1. The molecular weight excluding hydrogens is 614 g/mol. The van der Waals surface area contributed by atoms with Gasteiger partial charge in [0, 0.05) is 61.8 Å². The predicted molar refractivity (Wildman–Crippen MR) is 177 cm³/mol. The number of rotatable bonds is 10. The molecule has 42 heavy (non-hydrogen) atoms. The van der Waals surface area contributed by atoms with Crippen LogP contribution >= 0.6 is 27.9 Å². The van der Waals surface area contributed by atoms with Crippen LogP contribution in [0.25, 0.3) is 11.0 Å². The van der Waals surface area contributed by atoms with E-state index in [0.29, 0.717) is 23.8 Å². The van der Waals surface area contributed by atoms with Gasteiger partial charge in [-0.05, 0) is 80.0 Å². The molecule has 1 saturated carbocycles. The Morgan fingerprint density at radius 1 is 1.02 bits per heavy atom. The normalized spacial score (nSPS) is 16.7. The summed E-state index contributed by atoms with van der Waals surface area (Å²) >= 11 is 5.36. The van der Waals surface area contributed by atoms with Gasteiger partial charge in [-0.15, -0.1) is 0 Å². The Labute approximate surface area is 259 Å². The highest BCUT2D eigenvalue weighted by Crippen LogP contribution is 2.44. The zero-order valence-corrected chi connectivity index (χ0v) is 27.0. The minimum Gasteiger partial charge on any atom is -0.494 e. The van der Waals surface area contributed by atoms with Crippen molar-refractivity contribution in [1.82, 2.24) is 24.8 Å². The lowest BCUT2D eigenvalue weighted by Crippen LogP contribution is -2.31. The van der Waals surface area contributed by atoms with Crippen LogP contribution in [0.15, 0.2) is 47.3 Å². The number of fused-ring (bicyclic) bond motifs is 1. The quantitative estimate of drug-likeness (QED) is 0.188. The average molecular weight is 651 g/mol. The van der Waals surface area contributed by atoms with E-state index in [4.69, 9.17) is 14.7 Å². The Balaban J connectivity index is 1.29. The average Bonchev–Trinajstić information content (AvgIpc) is 3.70. The van der Waals surface area contributed by atoms with E-state index in [9.17, 15) is 0 Å². The summed E-state index contributed by atoms with van der Waals surface area (Å²) in [6.45, 7) is 4.17. The fourth-order valence-corrected chi connectivity index (χ4v) is 6.67. The topological polar surface area (TPSA) is 94.6 Å². The van der Waals surface area contributed by atoms with Crippen molar-refractivity contribution in [2.75, 3.05) is 60.4 Å².